The van der Waals surface area contributed by atoms with E-state index in [1.807, 2.05) is 0 Å². The van der Waals surface area contributed by atoms with Crippen LogP contribution in [0.1, 0.15) is 50.4 Å². The van der Waals surface area contributed by atoms with Crippen LogP contribution < -0.4 is 10.1 Å². The number of alkyl halides is 2. The zero-order valence-electron chi connectivity index (χ0n) is 19.6. The van der Waals surface area contributed by atoms with Crippen molar-refractivity contribution in [3.63, 3.8) is 0 Å². The predicted octanol–water partition coefficient (Wildman–Crippen LogP) is 6.64. The number of carbonyl (C=O) groups is 2. The smallest absolute Gasteiger partial charge is 0.387 e. The molecular weight excluding hydrogens is 460 g/mol. The quantitative estimate of drug-likeness (QED) is 0.315. The van der Waals surface area contributed by atoms with Crippen LogP contribution in [0, 0.1) is 17.8 Å². The van der Waals surface area contributed by atoms with Gasteiger partial charge in [-0.1, -0.05) is 39.3 Å². The van der Waals surface area contributed by atoms with Crippen LogP contribution >= 0.6 is 11.8 Å². The Morgan fingerprint density at radius 2 is 1.79 bits per heavy atom. The minimum Gasteiger partial charge on any atom is -0.461 e. The maximum Gasteiger partial charge on any atom is 0.387 e. The summed E-state index contributed by atoms with van der Waals surface area (Å²) in [6, 6.07) is 12.7. The number of ether oxygens (including phenoxy) is 2. The van der Waals surface area contributed by atoms with Crippen LogP contribution in [-0.2, 0) is 9.53 Å². The third-order valence-electron chi connectivity index (χ3n) is 6.06. The first-order valence-corrected chi connectivity index (χ1v) is 12.5. The molecule has 0 bridgehead atoms. The van der Waals surface area contributed by atoms with Gasteiger partial charge in [0.2, 0.25) is 0 Å². The van der Waals surface area contributed by atoms with E-state index in [2.05, 4.69) is 30.8 Å². The van der Waals surface area contributed by atoms with Gasteiger partial charge in [0.1, 0.15) is 11.9 Å². The molecule has 1 aliphatic carbocycles. The number of hydrogen-bond acceptors (Lipinski definition) is 5. The maximum absolute atomic E-state index is 12.8. The van der Waals surface area contributed by atoms with Gasteiger partial charge in [0.15, 0.2) is 0 Å². The maximum atomic E-state index is 12.8. The molecule has 0 spiro atoms. The summed E-state index contributed by atoms with van der Waals surface area (Å²) in [5, 5.41) is 2.74. The molecule has 1 N–H and O–H groups in total. The van der Waals surface area contributed by atoms with E-state index >= 15 is 0 Å². The second-order valence-electron chi connectivity index (χ2n) is 9.00. The molecule has 8 heteroatoms. The molecule has 1 aliphatic rings. The molecule has 5 nitrogen and oxygen atoms in total. The topological polar surface area (TPSA) is 64.6 Å². The SMILES string of the molecule is CC1CCC(C(C)C)C(OC(=O)CSc2ccccc2C(=O)Nc2ccc(OC(F)F)cc2)C1. The molecule has 0 saturated heterocycles. The molecular formula is C26H31F2NO4S. The Morgan fingerprint density at radius 3 is 2.47 bits per heavy atom. The van der Waals surface area contributed by atoms with Gasteiger partial charge in [0.25, 0.3) is 5.91 Å². The minimum absolute atomic E-state index is 0.00883. The fourth-order valence-electron chi connectivity index (χ4n) is 4.29. The summed E-state index contributed by atoms with van der Waals surface area (Å²) in [7, 11) is 0. The van der Waals surface area contributed by atoms with Crippen molar-refractivity contribution >= 4 is 29.3 Å². The standard InChI is InChI=1S/C26H31F2NO4S/c1-16(2)20-13-8-17(3)14-22(20)33-24(30)15-34-23-7-5-4-6-21(23)25(31)29-18-9-11-19(12-10-18)32-26(27)28/h4-7,9-12,16-17,20,22,26H,8,13-15H2,1-3H3,(H,29,31). The summed E-state index contributed by atoms with van der Waals surface area (Å²) in [5.74, 6) is 0.855. The first kappa shape index (κ1) is 26.0. The Balaban J connectivity index is 1.59. The summed E-state index contributed by atoms with van der Waals surface area (Å²) in [6.07, 6.45) is 3.06. The van der Waals surface area contributed by atoms with E-state index in [-0.39, 0.29) is 29.5 Å². The van der Waals surface area contributed by atoms with Crippen molar-refractivity contribution in [2.75, 3.05) is 11.1 Å². The number of anilines is 1. The third-order valence-corrected chi connectivity index (χ3v) is 7.11. The van der Waals surface area contributed by atoms with Crippen molar-refractivity contribution in [3.8, 4) is 5.75 Å². The van der Waals surface area contributed by atoms with Crippen LogP contribution in [0.2, 0.25) is 0 Å². The molecule has 184 valence electrons. The second-order valence-corrected chi connectivity index (χ2v) is 10.0. The van der Waals surface area contributed by atoms with Gasteiger partial charge in [-0.05, 0) is 67.0 Å². The predicted molar refractivity (Wildman–Crippen MR) is 129 cm³/mol. The lowest BCUT2D eigenvalue weighted by atomic mass is 9.75. The second kappa shape index (κ2) is 12.2. The molecule has 1 amide bonds. The number of esters is 1. The summed E-state index contributed by atoms with van der Waals surface area (Å²) in [4.78, 5) is 26.1. The van der Waals surface area contributed by atoms with Gasteiger partial charge in [-0.25, -0.2) is 0 Å². The Labute approximate surface area is 203 Å². The average molecular weight is 492 g/mol. The van der Waals surface area contributed by atoms with Crippen LogP contribution in [0.15, 0.2) is 53.4 Å². The van der Waals surface area contributed by atoms with E-state index in [4.69, 9.17) is 4.74 Å². The summed E-state index contributed by atoms with van der Waals surface area (Å²) < 4.78 is 34.8. The number of halogens is 2. The monoisotopic (exact) mass is 491 g/mol. The lowest BCUT2D eigenvalue weighted by molar-refractivity contribution is -0.152. The molecule has 34 heavy (non-hydrogen) atoms. The van der Waals surface area contributed by atoms with Gasteiger partial charge in [-0.2, -0.15) is 8.78 Å². The highest BCUT2D eigenvalue weighted by Crippen LogP contribution is 2.35. The Hall–Kier alpha value is -2.61. The van der Waals surface area contributed by atoms with Gasteiger partial charge >= 0.3 is 12.6 Å². The Morgan fingerprint density at radius 1 is 1.09 bits per heavy atom. The number of nitrogens with one attached hydrogen (secondary N) is 1. The molecule has 0 aliphatic heterocycles. The van der Waals surface area contributed by atoms with Gasteiger partial charge in [-0.15, -0.1) is 11.8 Å². The van der Waals surface area contributed by atoms with Crippen molar-refractivity contribution in [2.24, 2.45) is 17.8 Å². The Kier molecular flexibility index (Phi) is 9.33. The molecule has 2 aromatic carbocycles. The van der Waals surface area contributed by atoms with E-state index in [1.54, 1.807) is 24.3 Å². The molecule has 1 fully saturated rings. The summed E-state index contributed by atoms with van der Waals surface area (Å²) in [6.45, 7) is 3.63. The van der Waals surface area contributed by atoms with E-state index in [0.29, 0.717) is 33.9 Å². The number of carbonyl (C=O) groups excluding carboxylic acids is 2. The molecule has 0 aromatic heterocycles. The van der Waals surface area contributed by atoms with Gasteiger partial charge < -0.3 is 14.8 Å². The van der Waals surface area contributed by atoms with Crippen LogP contribution in [0.5, 0.6) is 5.75 Å². The van der Waals surface area contributed by atoms with Gasteiger partial charge in [0, 0.05) is 10.6 Å². The van der Waals surface area contributed by atoms with E-state index in [9.17, 15) is 18.4 Å². The van der Waals surface area contributed by atoms with Crippen LogP contribution in [0.25, 0.3) is 0 Å². The highest BCUT2D eigenvalue weighted by Gasteiger charge is 2.33. The number of rotatable bonds is 9. The van der Waals surface area contributed by atoms with E-state index in [0.717, 1.165) is 19.3 Å². The minimum atomic E-state index is -2.91. The first-order chi connectivity index (χ1) is 16.2. The van der Waals surface area contributed by atoms with E-state index in [1.165, 1.54) is 36.0 Å². The fourth-order valence-corrected chi connectivity index (χ4v) is 5.12. The van der Waals surface area contributed by atoms with Crippen molar-refractivity contribution in [2.45, 2.75) is 57.6 Å². The lowest BCUT2D eigenvalue weighted by Gasteiger charge is -2.36. The third kappa shape index (κ3) is 7.45. The Bertz CT molecular complexity index is 968. The summed E-state index contributed by atoms with van der Waals surface area (Å²) >= 11 is 1.26. The first-order valence-electron chi connectivity index (χ1n) is 11.5. The van der Waals surface area contributed by atoms with Crippen molar-refractivity contribution < 1.29 is 27.8 Å². The van der Waals surface area contributed by atoms with Crippen molar-refractivity contribution in [1.29, 1.82) is 0 Å². The van der Waals surface area contributed by atoms with Crippen LogP contribution in [0.3, 0.4) is 0 Å². The molecule has 3 atom stereocenters. The van der Waals surface area contributed by atoms with Crippen LogP contribution in [-0.4, -0.2) is 30.3 Å². The molecule has 0 heterocycles. The zero-order chi connectivity index (χ0) is 24.7. The molecule has 3 rings (SSSR count). The highest BCUT2D eigenvalue weighted by atomic mass is 32.2. The van der Waals surface area contributed by atoms with Crippen molar-refractivity contribution in [3.05, 3.63) is 54.1 Å². The van der Waals surface area contributed by atoms with Crippen molar-refractivity contribution in [1.82, 2.24) is 0 Å². The average Bonchev–Trinajstić information content (AvgIpc) is 2.78. The van der Waals surface area contributed by atoms with Crippen LogP contribution in [0.4, 0.5) is 14.5 Å². The summed E-state index contributed by atoms with van der Waals surface area (Å²) in [5.41, 5.74) is 0.858. The molecule has 3 unspecified atom stereocenters. The molecule has 1 saturated carbocycles. The van der Waals surface area contributed by atoms with Gasteiger partial charge in [0.05, 0.1) is 11.3 Å². The highest BCUT2D eigenvalue weighted by molar-refractivity contribution is 8.00. The van der Waals surface area contributed by atoms with Gasteiger partial charge in [-0.3, -0.25) is 9.59 Å². The number of amides is 1. The lowest BCUT2D eigenvalue weighted by Crippen LogP contribution is -2.36. The largest absolute Gasteiger partial charge is 0.461 e. The number of thioether (sulfide) groups is 1. The van der Waals surface area contributed by atoms with E-state index < -0.39 is 6.61 Å². The zero-order valence-corrected chi connectivity index (χ0v) is 20.4. The molecule has 2 aromatic rings. The number of benzene rings is 2. The molecule has 0 radical (unpaired) electrons. The fraction of sp³-hybridized carbons (Fsp3) is 0.462. The normalized spacial score (nSPS) is 20.3. The number of hydrogen-bond donors (Lipinski definition) is 1.